The molecule has 1 aliphatic rings. The molecule has 0 bridgehead atoms. The molecule has 0 saturated carbocycles. The summed E-state index contributed by atoms with van der Waals surface area (Å²) in [4.78, 5) is 3.94. The number of terminal acetylenes is 1. The van der Waals surface area contributed by atoms with Crippen molar-refractivity contribution in [3.63, 3.8) is 0 Å². The topological polar surface area (TPSA) is 116 Å². The summed E-state index contributed by atoms with van der Waals surface area (Å²) < 4.78 is 102. The van der Waals surface area contributed by atoms with Crippen molar-refractivity contribution in [3.8, 4) is 18.3 Å². The molecule has 2 rings (SSSR count). The Bertz CT molecular complexity index is 1330. The van der Waals surface area contributed by atoms with Gasteiger partial charge in [-0.05, 0) is 23.5 Å². The molecule has 47 heavy (non-hydrogen) atoms. The summed E-state index contributed by atoms with van der Waals surface area (Å²) in [6.07, 6.45) is 11.2. The van der Waals surface area contributed by atoms with Gasteiger partial charge >= 0.3 is 21.6 Å². The van der Waals surface area contributed by atoms with E-state index >= 15 is 0 Å². The second-order valence-electron chi connectivity index (χ2n) is 12.7. The van der Waals surface area contributed by atoms with E-state index in [0.717, 1.165) is 11.8 Å². The lowest BCUT2D eigenvalue weighted by Gasteiger charge is -2.49. The Labute approximate surface area is 278 Å². The number of hydrogen-bond donors (Lipinski definition) is 0. The third-order valence-corrected chi connectivity index (χ3v) is 15.6. The Balaban J connectivity index is 2.57. The first-order chi connectivity index (χ1) is 21.8. The zero-order chi connectivity index (χ0) is 35.8. The van der Waals surface area contributed by atoms with Crippen molar-refractivity contribution < 1.29 is 53.6 Å². The van der Waals surface area contributed by atoms with Gasteiger partial charge < -0.3 is 32.0 Å². The minimum atomic E-state index is -5.95. The zero-order valence-electron chi connectivity index (χ0n) is 28.9. The number of aromatic nitrogens is 1. The molecule has 1 aliphatic heterocycles. The number of alkyl halides is 3. The number of halogens is 3. The van der Waals surface area contributed by atoms with Crippen LogP contribution in [0.2, 0.25) is 16.6 Å². The van der Waals surface area contributed by atoms with Crippen molar-refractivity contribution in [2.75, 3.05) is 21.3 Å². The minimum Gasteiger partial charge on any atom is -0.409 e. The standard InChI is InChI=1S/C32H50F3NO9SSi/c1-12-13-25(39-9)15-14-24(8)16-28(45-47(21(2)3,22(4)5)23(6)7)27-17-26(40-10)18-31(41-11,43-27)19-29-36-20-30(42-29)44-46(37,38)32(33,34)35/h1,14-16,20-23,25-28H,13,17-19H2,2-11H3/b15-14+,24-16+/t25-,26-,27-,28-,31+/m1/s1. The van der Waals surface area contributed by atoms with Crippen LogP contribution in [0.15, 0.2) is 34.4 Å². The van der Waals surface area contributed by atoms with Gasteiger partial charge in [-0.2, -0.15) is 21.6 Å². The summed E-state index contributed by atoms with van der Waals surface area (Å²) in [5, 5.41) is 0. The largest absolute Gasteiger partial charge is 0.534 e. The summed E-state index contributed by atoms with van der Waals surface area (Å²) in [5.41, 5.74) is -3.97. The molecular formula is C32H50F3NO9SSi. The Morgan fingerprint density at radius 1 is 1.17 bits per heavy atom. The molecule has 0 aromatic carbocycles. The molecule has 268 valence electrons. The van der Waals surface area contributed by atoms with Crippen LogP contribution in [-0.2, 0) is 39.9 Å². The third-order valence-electron chi connectivity index (χ3n) is 8.57. The Kier molecular flexibility index (Phi) is 14.8. The molecule has 1 aromatic rings. The highest BCUT2D eigenvalue weighted by molar-refractivity contribution is 7.87. The predicted octanol–water partition coefficient (Wildman–Crippen LogP) is 7.08. The summed E-state index contributed by atoms with van der Waals surface area (Å²) in [6, 6.07) is 0. The molecule has 1 saturated heterocycles. The average molecular weight is 710 g/mol. The molecule has 2 heterocycles. The molecule has 10 nitrogen and oxygen atoms in total. The van der Waals surface area contributed by atoms with Crippen LogP contribution in [0.3, 0.4) is 0 Å². The number of nitrogens with zero attached hydrogens (tertiary/aromatic N) is 1. The van der Waals surface area contributed by atoms with Crippen molar-refractivity contribution in [1.29, 1.82) is 0 Å². The molecule has 0 aliphatic carbocycles. The first-order valence-corrected chi connectivity index (χ1v) is 19.1. The van der Waals surface area contributed by atoms with Crippen LogP contribution < -0.4 is 4.18 Å². The fourth-order valence-electron chi connectivity index (χ4n) is 6.34. The van der Waals surface area contributed by atoms with E-state index < -0.39 is 47.9 Å². The highest BCUT2D eigenvalue weighted by atomic mass is 32.2. The van der Waals surface area contributed by atoms with Crippen molar-refractivity contribution in [2.45, 2.75) is 126 Å². The lowest BCUT2D eigenvalue weighted by molar-refractivity contribution is -0.297. The van der Waals surface area contributed by atoms with Gasteiger partial charge in [-0.25, -0.2) is 4.98 Å². The van der Waals surface area contributed by atoms with E-state index in [4.69, 9.17) is 34.2 Å². The van der Waals surface area contributed by atoms with Gasteiger partial charge in [0.2, 0.25) is 14.2 Å². The maximum Gasteiger partial charge on any atom is 0.534 e. The number of oxazole rings is 1. The van der Waals surface area contributed by atoms with E-state index in [0.29, 0.717) is 12.8 Å². The molecule has 0 spiro atoms. The molecule has 0 radical (unpaired) electrons. The highest BCUT2D eigenvalue weighted by Gasteiger charge is 2.52. The first-order valence-electron chi connectivity index (χ1n) is 15.5. The predicted molar refractivity (Wildman–Crippen MR) is 174 cm³/mol. The van der Waals surface area contributed by atoms with E-state index in [-0.39, 0.29) is 47.6 Å². The quantitative estimate of drug-likeness (QED) is 0.0546. The Morgan fingerprint density at radius 3 is 2.28 bits per heavy atom. The van der Waals surface area contributed by atoms with Crippen LogP contribution >= 0.6 is 0 Å². The maximum atomic E-state index is 12.9. The van der Waals surface area contributed by atoms with Gasteiger partial charge in [0.15, 0.2) is 5.79 Å². The van der Waals surface area contributed by atoms with E-state index in [2.05, 4.69) is 56.6 Å². The van der Waals surface area contributed by atoms with Crippen molar-refractivity contribution >= 4 is 18.4 Å². The van der Waals surface area contributed by atoms with Crippen molar-refractivity contribution in [1.82, 2.24) is 4.98 Å². The van der Waals surface area contributed by atoms with E-state index in [1.807, 2.05) is 25.2 Å². The number of allylic oxidation sites excluding steroid dienone is 2. The summed E-state index contributed by atoms with van der Waals surface area (Å²) >= 11 is 0. The SMILES string of the molecule is C#CC[C@H](/C=C/C(C)=C/[C@@H](O[Si](C(C)C)(C(C)C)C(C)C)[C@H]1C[C@@H](OC)C[C@](Cc2ncc(OS(=O)(=O)C(F)(F)F)o2)(OC)O1)OC. The summed E-state index contributed by atoms with van der Waals surface area (Å²) in [7, 11) is -3.84. The number of rotatable bonds is 17. The van der Waals surface area contributed by atoms with Crippen LogP contribution in [0.25, 0.3) is 0 Å². The van der Waals surface area contributed by atoms with E-state index in [1.165, 1.54) is 7.11 Å². The lowest BCUT2D eigenvalue weighted by atomic mass is 9.92. The van der Waals surface area contributed by atoms with Crippen molar-refractivity contribution in [2.24, 2.45) is 0 Å². The molecule has 1 aromatic heterocycles. The second-order valence-corrected chi connectivity index (χ2v) is 19.6. The molecule has 0 N–H and O–H groups in total. The Hall–Kier alpha value is -2.19. The van der Waals surface area contributed by atoms with Crippen molar-refractivity contribution in [3.05, 3.63) is 35.9 Å². The van der Waals surface area contributed by atoms with Crippen LogP contribution in [-0.4, -0.2) is 78.8 Å². The molecule has 0 unspecified atom stereocenters. The molecule has 15 heteroatoms. The highest BCUT2D eigenvalue weighted by Crippen LogP contribution is 2.45. The fraction of sp³-hybridized carbons (Fsp3) is 0.719. The third kappa shape index (κ3) is 10.4. The zero-order valence-corrected chi connectivity index (χ0v) is 30.7. The van der Waals surface area contributed by atoms with E-state index in [9.17, 15) is 21.6 Å². The average Bonchev–Trinajstić information content (AvgIpc) is 3.41. The number of ether oxygens (including phenoxy) is 4. The summed E-state index contributed by atoms with van der Waals surface area (Å²) in [6.45, 7) is 15.0. The van der Waals surface area contributed by atoms with Gasteiger partial charge in [0.25, 0.3) is 0 Å². The van der Waals surface area contributed by atoms with Crippen LogP contribution in [0.5, 0.6) is 5.95 Å². The van der Waals surface area contributed by atoms with Gasteiger partial charge in [-0.1, -0.05) is 65.3 Å². The van der Waals surface area contributed by atoms with Gasteiger partial charge in [-0.3, -0.25) is 0 Å². The molecule has 0 amide bonds. The van der Waals surface area contributed by atoms with Crippen LogP contribution in [0.4, 0.5) is 13.2 Å². The smallest absolute Gasteiger partial charge is 0.409 e. The first kappa shape index (κ1) is 41.0. The van der Waals surface area contributed by atoms with Crippen LogP contribution in [0, 0.1) is 12.3 Å². The van der Waals surface area contributed by atoms with Gasteiger partial charge in [0.05, 0.1) is 30.8 Å². The fourth-order valence-corrected chi connectivity index (χ4v) is 12.2. The maximum absolute atomic E-state index is 12.9. The lowest BCUT2D eigenvalue weighted by Crippen LogP contribution is -2.57. The molecule has 1 fully saturated rings. The second kappa shape index (κ2) is 17.0. The monoisotopic (exact) mass is 709 g/mol. The number of hydrogen-bond acceptors (Lipinski definition) is 10. The normalized spacial score (nSPS) is 23.1. The minimum absolute atomic E-state index is 0.156. The van der Waals surface area contributed by atoms with Gasteiger partial charge in [0, 0.05) is 40.6 Å². The van der Waals surface area contributed by atoms with Gasteiger partial charge in [-0.15, -0.1) is 12.3 Å². The molecule has 5 atom stereocenters. The molecular weight excluding hydrogens is 659 g/mol. The summed E-state index contributed by atoms with van der Waals surface area (Å²) in [5.74, 6) is 0.0942. The van der Waals surface area contributed by atoms with Gasteiger partial charge in [0.1, 0.15) is 6.20 Å². The van der Waals surface area contributed by atoms with Crippen LogP contribution in [0.1, 0.15) is 73.6 Å². The number of methoxy groups -OCH3 is 3. The van der Waals surface area contributed by atoms with E-state index in [1.54, 1.807) is 14.2 Å². The Morgan fingerprint density at radius 2 is 1.79 bits per heavy atom.